The molecule has 1 heterocycles. The van der Waals surface area contributed by atoms with Crippen molar-refractivity contribution >= 4 is 28.7 Å². The highest BCUT2D eigenvalue weighted by atomic mass is 16.5. The molecule has 2 amide bonds. The molecular weight excluding hydrogens is 506 g/mol. The van der Waals surface area contributed by atoms with Gasteiger partial charge in [-0.25, -0.2) is 4.98 Å². The second-order valence-corrected chi connectivity index (χ2v) is 9.17. The van der Waals surface area contributed by atoms with Crippen LogP contribution in [0.3, 0.4) is 0 Å². The van der Waals surface area contributed by atoms with Gasteiger partial charge in [-0.15, -0.1) is 0 Å². The van der Waals surface area contributed by atoms with E-state index >= 15 is 0 Å². The Morgan fingerprint density at radius 2 is 1.55 bits per heavy atom. The zero-order valence-corrected chi connectivity index (χ0v) is 22.7. The lowest BCUT2D eigenvalue weighted by Gasteiger charge is -2.21. The summed E-state index contributed by atoms with van der Waals surface area (Å²) >= 11 is 0. The molecule has 8 heteroatoms. The Labute approximate surface area is 233 Å². The second-order valence-electron chi connectivity index (χ2n) is 9.17. The number of carbonyl (C=O) groups excluding carboxylic acids is 3. The SMILES string of the molecule is CC[C@H](NC(=O)c1c(OCCNC(=O)CCC(=O)OC)c(-c2ccccc2)nc2ccccc12)c1ccccc1. The van der Waals surface area contributed by atoms with E-state index in [4.69, 9.17) is 9.72 Å². The first-order chi connectivity index (χ1) is 19.5. The lowest BCUT2D eigenvalue weighted by atomic mass is 10.00. The van der Waals surface area contributed by atoms with Gasteiger partial charge in [0.2, 0.25) is 5.91 Å². The van der Waals surface area contributed by atoms with Crippen molar-refractivity contribution in [3.05, 3.63) is 96.1 Å². The van der Waals surface area contributed by atoms with Crippen LogP contribution >= 0.6 is 0 Å². The molecule has 3 aromatic carbocycles. The first kappa shape index (κ1) is 28.3. The van der Waals surface area contributed by atoms with Gasteiger partial charge in [0.05, 0.1) is 37.2 Å². The second kappa shape index (κ2) is 13.9. The Balaban J connectivity index is 1.67. The van der Waals surface area contributed by atoms with Crippen molar-refractivity contribution in [2.24, 2.45) is 0 Å². The number of para-hydroxylation sites is 1. The number of esters is 1. The maximum atomic E-state index is 14.0. The summed E-state index contributed by atoms with van der Waals surface area (Å²) in [4.78, 5) is 42.3. The third-order valence-corrected chi connectivity index (χ3v) is 6.49. The first-order valence-corrected chi connectivity index (χ1v) is 13.3. The number of pyridine rings is 1. The molecule has 0 fully saturated rings. The smallest absolute Gasteiger partial charge is 0.306 e. The molecule has 4 aromatic rings. The van der Waals surface area contributed by atoms with Gasteiger partial charge >= 0.3 is 5.97 Å². The van der Waals surface area contributed by atoms with E-state index in [1.54, 1.807) is 0 Å². The van der Waals surface area contributed by atoms with Crippen LogP contribution in [0.1, 0.15) is 48.1 Å². The topological polar surface area (TPSA) is 107 Å². The van der Waals surface area contributed by atoms with E-state index < -0.39 is 5.97 Å². The minimum Gasteiger partial charge on any atom is -0.489 e. The summed E-state index contributed by atoms with van der Waals surface area (Å²) < 4.78 is 10.8. The van der Waals surface area contributed by atoms with E-state index in [0.717, 1.165) is 11.1 Å². The molecule has 1 aromatic heterocycles. The predicted octanol–water partition coefficient (Wildman–Crippen LogP) is 5.23. The van der Waals surface area contributed by atoms with Gasteiger partial charge in [-0.2, -0.15) is 0 Å². The molecule has 0 radical (unpaired) electrons. The number of hydrogen-bond acceptors (Lipinski definition) is 6. The highest BCUT2D eigenvalue weighted by Gasteiger charge is 2.25. The lowest BCUT2D eigenvalue weighted by molar-refractivity contribution is -0.142. The summed E-state index contributed by atoms with van der Waals surface area (Å²) in [6.45, 7) is 2.31. The van der Waals surface area contributed by atoms with Crippen molar-refractivity contribution < 1.29 is 23.9 Å². The molecular formula is C32H33N3O5. The van der Waals surface area contributed by atoms with E-state index in [0.29, 0.717) is 34.3 Å². The van der Waals surface area contributed by atoms with Gasteiger partial charge in [-0.1, -0.05) is 85.8 Å². The number of ether oxygens (including phenoxy) is 2. The van der Waals surface area contributed by atoms with Crippen LogP contribution in [0.5, 0.6) is 5.75 Å². The summed E-state index contributed by atoms with van der Waals surface area (Å²) in [5, 5.41) is 6.61. The molecule has 0 aliphatic carbocycles. The number of benzene rings is 3. The zero-order chi connectivity index (χ0) is 28.3. The number of aromatic nitrogens is 1. The summed E-state index contributed by atoms with van der Waals surface area (Å²) in [7, 11) is 1.28. The maximum absolute atomic E-state index is 14.0. The monoisotopic (exact) mass is 539 g/mol. The molecule has 8 nitrogen and oxygen atoms in total. The summed E-state index contributed by atoms with van der Waals surface area (Å²) in [5.41, 5.74) is 3.40. The van der Waals surface area contributed by atoms with Crippen LogP contribution in [0.25, 0.3) is 22.2 Å². The van der Waals surface area contributed by atoms with Crippen molar-refractivity contribution in [2.75, 3.05) is 20.3 Å². The highest BCUT2D eigenvalue weighted by molar-refractivity contribution is 6.10. The molecule has 0 aliphatic heterocycles. The fourth-order valence-electron chi connectivity index (χ4n) is 4.44. The standard InChI is InChI=1S/C32H33N3O5/c1-3-25(22-12-6-4-7-13-22)35-32(38)29-24-16-10-11-17-26(24)34-30(23-14-8-5-9-15-23)31(29)40-21-20-33-27(36)18-19-28(37)39-2/h4-17,25H,3,18-21H2,1-2H3,(H,33,36)(H,35,38)/t25-/m0/s1. The number of hydrogen-bond donors (Lipinski definition) is 2. The van der Waals surface area contributed by atoms with E-state index in [2.05, 4.69) is 15.4 Å². The normalized spacial score (nSPS) is 11.4. The zero-order valence-electron chi connectivity index (χ0n) is 22.7. The van der Waals surface area contributed by atoms with Crippen molar-refractivity contribution in [1.82, 2.24) is 15.6 Å². The summed E-state index contributed by atoms with van der Waals surface area (Å²) in [6.07, 6.45) is 0.726. The quantitative estimate of drug-likeness (QED) is 0.189. The van der Waals surface area contributed by atoms with Crippen LogP contribution in [0, 0.1) is 0 Å². The number of methoxy groups -OCH3 is 1. The number of rotatable bonds is 12. The third kappa shape index (κ3) is 7.02. The van der Waals surface area contributed by atoms with Gasteiger partial charge in [-0.3, -0.25) is 14.4 Å². The predicted molar refractivity (Wildman–Crippen MR) is 154 cm³/mol. The molecule has 2 N–H and O–H groups in total. The average Bonchev–Trinajstić information content (AvgIpc) is 3.00. The Hall–Kier alpha value is -4.72. The van der Waals surface area contributed by atoms with Crippen molar-refractivity contribution in [1.29, 1.82) is 0 Å². The number of carbonyl (C=O) groups is 3. The molecule has 1 atom stereocenters. The Kier molecular flexibility index (Phi) is 9.83. The first-order valence-electron chi connectivity index (χ1n) is 13.3. The van der Waals surface area contributed by atoms with Gasteiger partial charge in [0, 0.05) is 17.4 Å². The Bertz CT molecular complexity index is 1460. The molecule has 0 saturated heterocycles. The largest absolute Gasteiger partial charge is 0.489 e. The highest BCUT2D eigenvalue weighted by Crippen LogP contribution is 2.37. The third-order valence-electron chi connectivity index (χ3n) is 6.49. The number of nitrogens with one attached hydrogen (secondary N) is 2. The van der Waals surface area contributed by atoms with Crippen LogP contribution in [-0.2, 0) is 14.3 Å². The van der Waals surface area contributed by atoms with E-state index in [1.165, 1.54) is 7.11 Å². The Morgan fingerprint density at radius 3 is 2.25 bits per heavy atom. The average molecular weight is 540 g/mol. The van der Waals surface area contributed by atoms with Crippen LogP contribution in [0.4, 0.5) is 0 Å². The van der Waals surface area contributed by atoms with Crippen molar-refractivity contribution in [3.8, 4) is 17.0 Å². The van der Waals surface area contributed by atoms with Crippen molar-refractivity contribution in [2.45, 2.75) is 32.2 Å². The van der Waals surface area contributed by atoms with Gasteiger partial charge in [0.15, 0.2) is 5.75 Å². The number of fused-ring (bicyclic) bond motifs is 1. The van der Waals surface area contributed by atoms with E-state index in [1.807, 2.05) is 91.9 Å². The maximum Gasteiger partial charge on any atom is 0.306 e. The van der Waals surface area contributed by atoms with Crippen LogP contribution in [0.15, 0.2) is 84.9 Å². The van der Waals surface area contributed by atoms with Crippen molar-refractivity contribution in [3.63, 3.8) is 0 Å². The molecule has 0 unspecified atom stereocenters. The molecule has 206 valence electrons. The minimum absolute atomic E-state index is 0.000267. The fraction of sp³-hybridized carbons (Fsp3) is 0.250. The summed E-state index contributed by atoms with van der Waals surface area (Å²) in [5.74, 6) is -0.670. The molecule has 0 aliphatic rings. The van der Waals surface area contributed by atoms with Gasteiger partial charge < -0.3 is 20.1 Å². The van der Waals surface area contributed by atoms with Crippen LogP contribution in [-0.4, -0.2) is 43.0 Å². The van der Waals surface area contributed by atoms with Gasteiger partial charge in [0.25, 0.3) is 5.91 Å². The minimum atomic E-state index is -0.447. The van der Waals surface area contributed by atoms with E-state index in [-0.39, 0.29) is 43.8 Å². The molecule has 0 bridgehead atoms. The van der Waals surface area contributed by atoms with Gasteiger partial charge in [0.1, 0.15) is 12.3 Å². The van der Waals surface area contributed by atoms with Crippen LogP contribution < -0.4 is 15.4 Å². The number of amides is 2. The van der Waals surface area contributed by atoms with Gasteiger partial charge in [-0.05, 0) is 18.1 Å². The van der Waals surface area contributed by atoms with Crippen LogP contribution in [0.2, 0.25) is 0 Å². The molecule has 0 spiro atoms. The number of nitrogens with zero attached hydrogens (tertiary/aromatic N) is 1. The molecule has 0 saturated carbocycles. The van der Waals surface area contributed by atoms with E-state index in [9.17, 15) is 14.4 Å². The fourth-order valence-corrected chi connectivity index (χ4v) is 4.44. The Morgan fingerprint density at radius 1 is 0.875 bits per heavy atom. The lowest BCUT2D eigenvalue weighted by Crippen LogP contribution is -2.30. The summed E-state index contributed by atoms with van der Waals surface area (Å²) in [6, 6.07) is 26.7. The molecule has 4 rings (SSSR count). The molecule has 40 heavy (non-hydrogen) atoms.